The number of hydrogen-bond acceptors (Lipinski definition) is 2. The molecule has 1 aromatic carbocycles. The number of nitrogens with two attached hydrogens (primary N) is 1. The van der Waals surface area contributed by atoms with Gasteiger partial charge >= 0.3 is 0 Å². The van der Waals surface area contributed by atoms with E-state index >= 15 is 0 Å². The average molecular weight is 220 g/mol. The van der Waals surface area contributed by atoms with Crippen molar-refractivity contribution in [1.29, 1.82) is 0 Å². The maximum atomic E-state index is 5.83. The van der Waals surface area contributed by atoms with E-state index in [1.54, 1.807) is 0 Å². The molecule has 0 fully saturated rings. The van der Waals surface area contributed by atoms with Crippen LogP contribution in [-0.2, 0) is 0 Å². The highest BCUT2D eigenvalue weighted by molar-refractivity contribution is 5.55. The van der Waals surface area contributed by atoms with Crippen LogP contribution in [0.25, 0.3) is 0 Å². The van der Waals surface area contributed by atoms with Gasteiger partial charge in [-0.2, -0.15) is 0 Å². The fourth-order valence-corrected chi connectivity index (χ4v) is 1.82. The molecule has 1 aromatic rings. The van der Waals surface area contributed by atoms with Crippen LogP contribution in [0.1, 0.15) is 33.6 Å². The van der Waals surface area contributed by atoms with E-state index in [0.717, 1.165) is 24.7 Å². The maximum absolute atomic E-state index is 5.83. The Morgan fingerprint density at radius 1 is 1.31 bits per heavy atom. The molecule has 2 heteroatoms. The van der Waals surface area contributed by atoms with Gasteiger partial charge < -0.3 is 10.6 Å². The molecule has 0 aliphatic carbocycles. The Hall–Kier alpha value is -1.18. The summed E-state index contributed by atoms with van der Waals surface area (Å²) in [5.41, 5.74) is 7.93. The summed E-state index contributed by atoms with van der Waals surface area (Å²) < 4.78 is 0. The van der Waals surface area contributed by atoms with Gasteiger partial charge in [0, 0.05) is 24.5 Å². The summed E-state index contributed by atoms with van der Waals surface area (Å²) in [4.78, 5) is 2.44. The Labute approximate surface area is 99.5 Å². The Balaban J connectivity index is 2.76. The first-order valence-electron chi connectivity index (χ1n) is 6.27. The predicted octanol–water partition coefficient (Wildman–Crippen LogP) is 3.53. The molecular weight excluding hydrogens is 196 g/mol. The second-order valence-electron chi connectivity index (χ2n) is 4.55. The number of nitrogen functional groups attached to an aromatic ring is 1. The molecule has 2 nitrogen and oxygen atoms in total. The van der Waals surface area contributed by atoms with Crippen LogP contribution in [0.2, 0.25) is 0 Å². The molecule has 0 aromatic heterocycles. The zero-order chi connectivity index (χ0) is 12.0. The van der Waals surface area contributed by atoms with E-state index in [1.165, 1.54) is 18.5 Å². The first-order valence-corrected chi connectivity index (χ1v) is 6.27. The monoisotopic (exact) mass is 220 g/mol. The molecule has 0 spiro atoms. The van der Waals surface area contributed by atoms with E-state index in [0.29, 0.717) is 0 Å². The Morgan fingerprint density at radius 2 is 2.06 bits per heavy atom. The molecule has 1 unspecified atom stereocenters. The lowest BCUT2D eigenvalue weighted by Gasteiger charge is -2.27. The topological polar surface area (TPSA) is 29.3 Å². The largest absolute Gasteiger partial charge is 0.399 e. The van der Waals surface area contributed by atoms with Gasteiger partial charge in [-0.1, -0.05) is 33.3 Å². The van der Waals surface area contributed by atoms with Crippen molar-refractivity contribution in [3.05, 3.63) is 24.3 Å². The third-order valence-electron chi connectivity index (χ3n) is 2.96. The fraction of sp³-hybridized carbons (Fsp3) is 0.571. The van der Waals surface area contributed by atoms with Crippen LogP contribution in [0, 0.1) is 5.92 Å². The Bertz CT molecular complexity index is 309. The predicted molar refractivity (Wildman–Crippen MR) is 72.8 cm³/mol. The number of rotatable bonds is 6. The summed E-state index contributed by atoms with van der Waals surface area (Å²) in [6.07, 6.45) is 2.40. The summed E-state index contributed by atoms with van der Waals surface area (Å²) >= 11 is 0. The molecule has 0 saturated carbocycles. The Kier molecular flexibility index (Phi) is 5.17. The zero-order valence-electron chi connectivity index (χ0n) is 10.7. The highest BCUT2D eigenvalue weighted by Crippen LogP contribution is 2.19. The van der Waals surface area contributed by atoms with Crippen molar-refractivity contribution >= 4 is 11.4 Å². The van der Waals surface area contributed by atoms with Gasteiger partial charge in [0.1, 0.15) is 0 Å². The van der Waals surface area contributed by atoms with Gasteiger partial charge in [0.2, 0.25) is 0 Å². The van der Waals surface area contributed by atoms with Crippen LogP contribution >= 0.6 is 0 Å². The molecule has 2 N–H and O–H groups in total. The van der Waals surface area contributed by atoms with Crippen molar-refractivity contribution in [2.75, 3.05) is 23.7 Å². The lowest BCUT2D eigenvalue weighted by molar-refractivity contribution is 0.541. The van der Waals surface area contributed by atoms with Crippen LogP contribution in [0.5, 0.6) is 0 Å². The van der Waals surface area contributed by atoms with Crippen LogP contribution in [-0.4, -0.2) is 13.1 Å². The molecule has 1 rings (SSSR count). The van der Waals surface area contributed by atoms with E-state index in [-0.39, 0.29) is 0 Å². The van der Waals surface area contributed by atoms with Crippen LogP contribution in [0.15, 0.2) is 24.3 Å². The van der Waals surface area contributed by atoms with Crippen molar-refractivity contribution in [1.82, 2.24) is 0 Å². The van der Waals surface area contributed by atoms with Gasteiger partial charge in [-0.3, -0.25) is 0 Å². The minimum absolute atomic E-state index is 0.730. The number of nitrogens with zero attached hydrogens (tertiary/aromatic N) is 1. The van der Waals surface area contributed by atoms with Crippen molar-refractivity contribution in [2.24, 2.45) is 5.92 Å². The van der Waals surface area contributed by atoms with E-state index < -0.39 is 0 Å². The highest BCUT2D eigenvalue weighted by Gasteiger charge is 2.09. The minimum atomic E-state index is 0.730. The number of anilines is 2. The van der Waals surface area contributed by atoms with E-state index in [1.807, 2.05) is 12.1 Å². The van der Waals surface area contributed by atoms with Crippen molar-refractivity contribution in [2.45, 2.75) is 33.6 Å². The van der Waals surface area contributed by atoms with Crippen LogP contribution in [0.4, 0.5) is 11.4 Å². The first-order chi connectivity index (χ1) is 7.67. The summed E-state index contributed by atoms with van der Waals surface area (Å²) in [5.74, 6) is 0.730. The lowest BCUT2D eigenvalue weighted by Crippen LogP contribution is -2.29. The molecule has 0 aliphatic heterocycles. The van der Waals surface area contributed by atoms with Crippen molar-refractivity contribution < 1.29 is 0 Å². The standard InChI is InChI=1S/C14H24N2/c1-4-9-16(11-12(3)5-2)14-8-6-7-13(15)10-14/h6-8,10,12H,4-5,9,11,15H2,1-3H3. The van der Waals surface area contributed by atoms with Gasteiger partial charge in [-0.25, -0.2) is 0 Å². The summed E-state index contributed by atoms with van der Waals surface area (Å²) in [6.45, 7) is 8.99. The van der Waals surface area contributed by atoms with Gasteiger partial charge in [0.15, 0.2) is 0 Å². The third-order valence-corrected chi connectivity index (χ3v) is 2.96. The third kappa shape index (κ3) is 3.76. The van der Waals surface area contributed by atoms with Gasteiger partial charge in [0.05, 0.1) is 0 Å². The highest BCUT2D eigenvalue weighted by atomic mass is 15.1. The first kappa shape index (κ1) is 12.9. The second kappa shape index (κ2) is 6.41. The van der Waals surface area contributed by atoms with Gasteiger partial charge in [-0.05, 0) is 30.5 Å². The smallest absolute Gasteiger partial charge is 0.0386 e. The molecular formula is C14H24N2. The van der Waals surface area contributed by atoms with Crippen molar-refractivity contribution in [3.63, 3.8) is 0 Å². The van der Waals surface area contributed by atoms with E-state index in [2.05, 4.69) is 37.8 Å². The molecule has 90 valence electrons. The molecule has 0 saturated heterocycles. The molecule has 0 radical (unpaired) electrons. The fourth-order valence-electron chi connectivity index (χ4n) is 1.82. The maximum Gasteiger partial charge on any atom is 0.0386 e. The van der Waals surface area contributed by atoms with Gasteiger partial charge in [0.25, 0.3) is 0 Å². The summed E-state index contributed by atoms with van der Waals surface area (Å²) in [5, 5.41) is 0. The lowest BCUT2D eigenvalue weighted by atomic mass is 10.1. The average Bonchev–Trinajstić information content (AvgIpc) is 2.28. The zero-order valence-corrected chi connectivity index (χ0v) is 10.7. The number of hydrogen-bond donors (Lipinski definition) is 1. The van der Waals surface area contributed by atoms with E-state index in [9.17, 15) is 0 Å². The van der Waals surface area contributed by atoms with E-state index in [4.69, 9.17) is 5.73 Å². The second-order valence-corrected chi connectivity index (χ2v) is 4.55. The molecule has 0 amide bonds. The normalized spacial score (nSPS) is 12.4. The quantitative estimate of drug-likeness (QED) is 0.743. The molecule has 0 heterocycles. The van der Waals surface area contributed by atoms with Gasteiger partial charge in [-0.15, -0.1) is 0 Å². The van der Waals surface area contributed by atoms with Crippen LogP contribution in [0.3, 0.4) is 0 Å². The summed E-state index contributed by atoms with van der Waals surface area (Å²) in [7, 11) is 0. The molecule has 0 bridgehead atoms. The minimum Gasteiger partial charge on any atom is -0.399 e. The molecule has 16 heavy (non-hydrogen) atoms. The Morgan fingerprint density at radius 3 is 2.62 bits per heavy atom. The van der Waals surface area contributed by atoms with Crippen molar-refractivity contribution in [3.8, 4) is 0 Å². The molecule has 0 aliphatic rings. The number of benzene rings is 1. The summed E-state index contributed by atoms with van der Waals surface area (Å²) in [6, 6.07) is 8.19. The van der Waals surface area contributed by atoms with Crippen LogP contribution < -0.4 is 10.6 Å². The molecule has 1 atom stereocenters. The SMILES string of the molecule is CCCN(CC(C)CC)c1cccc(N)c1.